The molecule has 0 radical (unpaired) electrons. The van der Waals surface area contributed by atoms with Gasteiger partial charge in [-0.05, 0) is 87.6 Å². The summed E-state index contributed by atoms with van der Waals surface area (Å²) in [7, 11) is 0. The van der Waals surface area contributed by atoms with Gasteiger partial charge in [0.1, 0.15) is 0 Å². The van der Waals surface area contributed by atoms with Crippen molar-refractivity contribution >= 4 is 45.4 Å². The molecule has 0 bridgehead atoms. The first-order valence-electron chi connectivity index (χ1n) is 13.2. The fraction of sp³-hybridized carbons (Fsp3) is 0.481. The number of benzene rings is 1. The average Bonchev–Trinajstić information content (AvgIpc) is 3.29. The number of halogens is 2. The molecule has 1 aromatic carbocycles. The molecule has 2 saturated heterocycles. The molecule has 0 saturated carbocycles. The first-order chi connectivity index (χ1) is 18.4. The Morgan fingerprint density at radius 3 is 2.58 bits per heavy atom. The second kappa shape index (κ2) is 10.8. The smallest absolute Gasteiger partial charge is 0.320 e. The summed E-state index contributed by atoms with van der Waals surface area (Å²) in [6.45, 7) is 4.69. The van der Waals surface area contributed by atoms with Gasteiger partial charge >= 0.3 is 6.01 Å². The van der Waals surface area contributed by atoms with E-state index in [2.05, 4.69) is 54.1 Å². The topological polar surface area (TPSA) is 105 Å². The predicted octanol–water partition coefficient (Wildman–Crippen LogP) is 4.10. The molecule has 2 N–H and O–H groups in total. The number of amides is 1. The zero-order valence-corrected chi connectivity index (χ0v) is 23.5. The maximum absolute atomic E-state index is 13.2. The summed E-state index contributed by atoms with van der Waals surface area (Å²) in [6, 6.07) is 8.59. The monoisotopic (exact) mass is 599 g/mol. The highest BCUT2D eigenvalue weighted by Crippen LogP contribution is 2.38. The number of nitrogen functional groups attached to an aromatic ring is 1. The molecular formula is C27H31BrClN7O2. The standard InChI is InChI=1S/C27H31BrClN7O2/c28-20-14-19-2-1-18-15-21(29)3-4-22(18)25(24(19)31-16-20)35-11-9-34(10-12-35)23(37)13-17-5-7-36(8-6-17)27-32-26(30)38-33-27/h3-4,14-17,25H,1-2,5-13H2,(H2,30,32,33). The van der Waals surface area contributed by atoms with Gasteiger partial charge in [0.25, 0.3) is 5.95 Å². The number of carbonyl (C=O) groups excluding carboxylic acids is 1. The van der Waals surface area contributed by atoms with Gasteiger partial charge in [-0.25, -0.2) is 0 Å². The Labute approximate surface area is 235 Å². The molecule has 2 aliphatic heterocycles. The van der Waals surface area contributed by atoms with Crippen molar-refractivity contribution < 1.29 is 9.32 Å². The lowest BCUT2D eigenvalue weighted by molar-refractivity contribution is -0.134. The number of pyridine rings is 1. The van der Waals surface area contributed by atoms with Crippen molar-refractivity contribution in [1.82, 2.24) is 24.9 Å². The SMILES string of the molecule is Nc1nc(N2CCC(CC(=O)N3CCN(C4c5ccc(Cl)cc5CCc5cc(Br)cnc54)CC3)CC2)no1. The molecule has 2 aromatic heterocycles. The molecule has 2 fully saturated rings. The molecule has 3 aromatic rings. The van der Waals surface area contributed by atoms with E-state index in [0.717, 1.165) is 80.1 Å². The number of piperidine rings is 1. The Hall–Kier alpha value is -2.69. The van der Waals surface area contributed by atoms with Crippen LogP contribution >= 0.6 is 27.5 Å². The number of hydrogen-bond donors (Lipinski definition) is 1. The molecule has 1 atom stereocenters. The average molecular weight is 601 g/mol. The molecular weight excluding hydrogens is 570 g/mol. The summed E-state index contributed by atoms with van der Waals surface area (Å²) >= 11 is 9.97. The van der Waals surface area contributed by atoms with Crippen molar-refractivity contribution in [2.24, 2.45) is 5.92 Å². The third kappa shape index (κ3) is 5.26. The molecule has 1 unspecified atom stereocenters. The zero-order chi connectivity index (χ0) is 26.2. The van der Waals surface area contributed by atoms with Crippen LogP contribution in [0.3, 0.4) is 0 Å². The summed E-state index contributed by atoms with van der Waals surface area (Å²) in [5.74, 6) is 1.16. The lowest BCUT2D eigenvalue weighted by Gasteiger charge is -2.40. The Bertz CT molecular complexity index is 1270. The van der Waals surface area contributed by atoms with Gasteiger partial charge < -0.3 is 20.1 Å². The van der Waals surface area contributed by atoms with E-state index < -0.39 is 0 Å². The number of aromatic nitrogens is 3. The number of carbonyl (C=O) groups is 1. The molecule has 200 valence electrons. The van der Waals surface area contributed by atoms with Crippen LogP contribution in [0.25, 0.3) is 0 Å². The molecule has 9 nitrogen and oxygen atoms in total. The molecule has 6 rings (SSSR count). The normalized spacial score (nSPS) is 20.6. The second-order valence-corrected chi connectivity index (χ2v) is 11.8. The number of nitrogens with two attached hydrogens (primary N) is 1. The summed E-state index contributed by atoms with van der Waals surface area (Å²) in [4.78, 5) is 28.8. The number of hydrogen-bond acceptors (Lipinski definition) is 8. The van der Waals surface area contributed by atoms with Crippen molar-refractivity contribution in [3.05, 3.63) is 62.3 Å². The predicted molar refractivity (Wildman–Crippen MR) is 149 cm³/mol. The number of nitrogens with zero attached hydrogens (tertiary/aromatic N) is 6. The number of aryl methyl sites for hydroxylation is 2. The van der Waals surface area contributed by atoms with Crippen LogP contribution in [0.1, 0.15) is 47.7 Å². The van der Waals surface area contributed by atoms with Crippen LogP contribution in [-0.2, 0) is 17.6 Å². The molecule has 1 amide bonds. The summed E-state index contributed by atoms with van der Waals surface area (Å²) < 4.78 is 5.90. The molecule has 11 heteroatoms. The van der Waals surface area contributed by atoms with E-state index in [9.17, 15) is 4.79 Å². The highest BCUT2D eigenvalue weighted by atomic mass is 79.9. The van der Waals surface area contributed by atoms with Crippen LogP contribution in [0, 0.1) is 5.92 Å². The Morgan fingerprint density at radius 2 is 1.84 bits per heavy atom. The summed E-state index contributed by atoms with van der Waals surface area (Å²) in [6.07, 6.45) is 6.22. The lowest BCUT2D eigenvalue weighted by atomic mass is 9.93. The van der Waals surface area contributed by atoms with Crippen LogP contribution in [0.4, 0.5) is 12.0 Å². The third-order valence-corrected chi connectivity index (χ3v) is 8.78. The van der Waals surface area contributed by atoms with Gasteiger partial charge in [0.2, 0.25) is 5.91 Å². The first-order valence-corrected chi connectivity index (χ1v) is 14.4. The van der Waals surface area contributed by atoms with Gasteiger partial charge in [-0.1, -0.05) is 17.7 Å². The Morgan fingerprint density at radius 1 is 1.08 bits per heavy atom. The van der Waals surface area contributed by atoms with E-state index in [-0.39, 0.29) is 18.0 Å². The minimum Gasteiger partial charge on any atom is -0.351 e. The van der Waals surface area contributed by atoms with Gasteiger partial charge in [0.05, 0.1) is 11.7 Å². The minimum atomic E-state index is 0.0635. The third-order valence-electron chi connectivity index (χ3n) is 8.11. The first kappa shape index (κ1) is 25.6. The van der Waals surface area contributed by atoms with Crippen LogP contribution in [-0.4, -0.2) is 70.1 Å². The quantitative estimate of drug-likeness (QED) is 0.477. The highest BCUT2D eigenvalue weighted by Gasteiger charge is 2.34. The van der Waals surface area contributed by atoms with Crippen molar-refractivity contribution in [1.29, 1.82) is 0 Å². The number of fused-ring (bicyclic) bond motifs is 2. The van der Waals surface area contributed by atoms with Crippen LogP contribution in [0.5, 0.6) is 0 Å². The highest BCUT2D eigenvalue weighted by molar-refractivity contribution is 9.10. The molecule has 3 aliphatic rings. The Kier molecular flexibility index (Phi) is 7.29. The van der Waals surface area contributed by atoms with Gasteiger partial charge in [-0.2, -0.15) is 4.98 Å². The van der Waals surface area contributed by atoms with E-state index in [4.69, 9.17) is 26.8 Å². The van der Waals surface area contributed by atoms with Crippen molar-refractivity contribution in [3.63, 3.8) is 0 Å². The van der Waals surface area contributed by atoms with Gasteiger partial charge in [0.15, 0.2) is 0 Å². The molecule has 0 spiro atoms. The fourth-order valence-electron chi connectivity index (χ4n) is 6.08. The number of anilines is 2. The van der Waals surface area contributed by atoms with Crippen LogP contribution in [0.2, 0.25) is 5.02 Å². The van der Waals surface area contributed by atoms with Crippen molar-refractivity contribution in [2.75, 3.05) is 49.9 Å². The van der Waals surface area contributed by atoms with Gasteiger partial charge in [0, 0.05) is 61.4 Å². The van der Waals surface area contributed by atoms with E-state index in [0.29, 0.717) is 18.3 Å². The lowest BCUT2D eigenvalue weighted by Crippen LogP contribution is -2.50. The maximum Gasteiger partial charge on any atom is 0.320 e. The van der Waals surface area contributed by atoms with Crippen LogP contribution < -0.4 is 10.6 Å². The van der Waals surface area contributed by atoms with E-state index >= 15 is 0 Å². The maximum atomic E-state index is 13.2. The van der Waals surface area contributed by atoms with Crippen molar-refractivity contribution in [2.45, 2.75) is 38.1 Å². The van der Waals surface area contributed by atoms with Crippen LogP contribution in [0.15, 0.2) is 39.5 Å². The van der Waals surface area contributed by atoms with Crippen molar-refractivity contribution in [3.8, 4) is 0 Å². The van der Waals surface area contributed by atoms with E-state index in [1.165, 1.54) is 16.7 Å². The van der Waals surface area contributed by atoms with Gasteiger partial charge in [-0.15, -0.1) is 0 Å². The fourth-order valence-corrected chi connectivity index (χ4v) is 6.65. The molecule has 1 aliphatic carbocycles. The molecule has 4 heterocycles. The van der Waals surface area contributed by atoms with E-state index in [1.807, 2.05) is 17.2 Å². The summed E-state index contributed by atoms with van der Waals surface area (Å²) in [5, 5.41) is 4.68. The molecule has 38 heavy (non-hydrogen) atoms. The largest absolute Gasteiger partial charge is 0.351 e. The van der Waals surface area contributed by atoms with Gasteiger partial charge in [-0.3, -0.25) is 14.7 Å². The zero-order valence-electron chi connectivity index (χ0n) is 21.2. The van der Waals surface area contributed by atoms with E-state index in [1.54, 1.807) is 0 Å². The minimum absolute atomic E-state index is 0.0635. The summed E-state index contributed by atoms with van der Waals surface area (Å²) in [5.41, 5.74) is 10.5. The number of rotatable bonds is 4. The Balaban J connectivity index is 1.10. The second-order valence-electron chi connectivity index (χ2n) is 10.4. The number of piperazine rings is 1.